The lowest BCUT2D eigenvalue weighted by Gasteiger charge is -2.12. The number of hydrogen-bond acceptors (Lipinski definition) is 3. The van der Waals surface area contributed by atoms with Gasteiger partial charge in [0.25, 0.3) is 0 Å². The minimum absolute atomic E-state index is 0.167. The van der Waals surface area contributed by atoms with Crippen molar-refractivity contribution < 1.29 is 9.47 Å². The van der Waals surface area contributed by atoms with Gasteiger partial charge >= 0.3 is 0 Å². The summed E-state index contributed by atoms with van der Waals surface area (Å²) in [4.78, 5) is 0. The lowest BCUT2D eigenvalue weighted by Crippen LogP contribution is -2.17. The van der Waals surface area contributed by atoms with Gasteiger partial charge in [-0.15, -0.1) is 0 Å². The molecule has 0 aliphatic heterocycles. The molecule has 0 amide bonds. The van der Waals surface area contributed by atoms with Gasteiger partial charge < -0.3 is 15.2 Å². The third-order valence-corrected chi connectivity index (χ3v) is 2.60. The summed E-state index contributed by atoms with van der Waals surface area (Å²) in [6.45, 7) is 2.00. The highest BCUT2D eigenvalue weighted by atomic mass is 16.5. The number of nitrogens with two attached hydrogens (primary N) is 1. The molecule has 1 unspecified atom stereocenters. The van der Waals surface area contributed by atoms with Crippen LogP contribution in [0.4, 0.5) is 0 Å². The van der Waals surface area contributed by atoms with Gasteiger partial charge in [-0.25, -0.2) is 0 Å². The van der Waals surface area contributed by atoms with Crippen LogP contribution in [0.2, 0.25) is 0 Å². The van der Waals surface area contributed by atoms with Crippen molar-refractivity contribution in [3.63, 3.8) is 0 Å². The van der Waals surface area contributed by atoms with E-state index in [-0.39, 0.29) is 6.04 Å². The minimum Gasteiger partial charge on any atom is -0.493 e. The molecule has 0 saturated heterocycles. The maximum atomic E-state index is 5.77. The first kappa shape index (κ1) is 11.3. The lowest BCUT2D eigenvalue weighted by molar-refractivity contribution is 0.282. The van der Waals surface area contributed by atoms with Crippen molar-refractivity contribution >= 4 is 0 Å². The third kappa shape index (κ3) is 2.89. The molecule has 2 rings (SSSR count). The van der Waals surface area contributed by atoms with Crippen LogP contribution in [0.3, 0.4) is 0 Å². The van der Waals surface area contributed by atoms with Crippen molar-refractivity contribution in [2.24, 2.45) is 5.73 Å². The second-order valence-electron chi connectivity index (χ2n) is 4.48. The first-order valence-corrected chi connectivity index (χ1v) is 5.78. The monoisotopic (exact) mass is 221 g/mol. The maximum absolute atomic E-state index is 5.77. The van der Waals surface area contributed by atoms with E-state index in [0.717, 1.165) is 30.8 Å². The van der Waals surface area contributed by atoms with E-state index in [9.17, 15) is 0 Å². The Kier molecular flexibility index (Phi) is 3.34. The van der Waals surface area contributed by atoms with E-state index in [1.54, 1.807) is 7.11 Å². The summed E-state index contributed by atoms with van der Waals surface area (Å²) in [6, 6.07) is 6.22. The molecule has 1 saturated carbocycles. The second-order valence-corrected chi connectivity index (χ2v) is 4.48. The summed E-state index contributed by atoms with van der Waals surface area (Å²) in [5.41, 5.74) is 6.96. The predicted molar refractivity (Wildman–Crippen MR) is 64.0 cm³/mol. The fourth-order valence-electron chi connectivity index (χ4n) is 1.67. The van der Waals surface area contributed by atoms with Gasteiger partial charge in [-0.05, 0) is 43.9 Å². The van der Waals surface area contributed by atoms with Crippen molar-refractivity contribution in [1.82, 2.24) is 0 Å². The SMILES string of the molecule is COc1cc(CC(C)N)ccc1OC1CC1. The molecule has 1 aliphatic carbocycles. The Morgan fingerprint density at radius 3 is 2.69 bits per heavy atom. The summed E-state index contributed by atoms with van der Waals surface area (Å²) >= 11 is 0. The highest BCUT2D eigenvalue weighted by Gasteiger charge is 2.24. The van der Waals surface area contributed by atoms with Crippen molar-refractivity contribution in [2.75, 3.05) is 7.11 Å². The van der Waals surface area contributed by atoms with E-state index in [0.29, 0.717) is 6.10 Å². The van der Waals surface area contributed by atoms with Crippen LogP contribution < -0.4 is 15.2 Å². The molecule has 1 aromatic carbocycles. The molecule has 1 aliphatic rings. The number of methoxy groups -OCH3 is 1. The summed E-state index contributed by atoms with van der Waals surface area (Å²) in [7, 11) is 1.67. The third-order valence-electron chi connectivity index (χ3n) is 2.60. The quantitative estimate of drug-likeness (QED) is 0.828. The van der Waals surface area contributed by atoms with Crippen molar-refractivity contribution in [2.45, 2.75) is 38.3 Å². The molecule has 0 radical (unpaired) electrons. The van der Waals surface area contributed by atoms with Gasteiger partial charge in [0.2, 0.25) is 0 Å². The number of hydrogen-bond donors (Lipinski definition) is 1. The van der Waals surface area contributed by atoms with Gasteiger partial charge in [-0.3, -0.25) is 0 Å². The molecular weight excluding hydrogens is 202 g/mol. The summed E-state index contributed by atoms with van der Waals surface area (Å²) < 4.78 is 11.1. The zero-order valence-corrected chi connectivity index (χ0v) is 9.90. The van der Waals surface area contributed by atoms with Crippen molar-refractivity contribution in [1.29, 1.82) is 0 Å². The second kappa shape index (κ2) is 4.74. The first-order valence-electron chi connectivity index (χ1n) is 5.78. The number of benzene rings is 1. The highest BCUT2D eigenvalue weighted by Crippen LogP contribution is 2.34. The zero-order valence-electron chi connectivity index (χ0n) is 9.90. The van der Waals surface area contributed by atoms with Crippen LogP contribution in [0, 0.1) is 0 Å². The Bertz CT molecular complexity index is 359. The molecule has 1 fully saturated rings. The Balaban J connectivity index is 2.12. The number of ether oxygens (including phenoxy) is 2. The smallest absolute Gasteiger partial charge is 0.161 e. The molecule has 1 aromatic rings. The van der Waals surface area contributed by atoms with Crippen LogP contribution in [0.15, 0.2) is 18.2 Å². The highest BCUT2D eigenvalue weighted by molar-refractivity contribution is 5.43. The average molecular weight is 221 g/mol. The molecule has 0 spiro atoms. The van der Waals surface area contributed by atoms with Gasteiger partial charge in [0.15, 0.2) is 11.5 Å². The van der Waals surface area contributed by atoms with E-state index in [1.165, 1.54) is 5.56 Å². The summed E-state index contributed by atoms with van der Waals surface area (Å²) in [5, 5.41) is 0. The molecule has 3 nitrogen and oxygen atoms in total. The van der Waals surface area contributed by atoms with Crippen LogP contribution in [0.1, 0.15) is 25.3 Å². The molecular formula is C13H19NO2. The van der Waals surface area contributed by atoms with E-state index in [2.05, 4.69) is 6.07 Å². The Morgan fingerprint density at radius 1 is 1.38 bits per heavy atom. The van der Waals surface area contributed by atoms with E-state index in [4.69, 9.17) is 15.2 Å². The number of rotatable bonds is 5. The Hall–Kier alpha value is -1.22. The van der Waals surface area contributed by atoms with Crippen LogP contribution in [0.5, 0.6) is 11.5 Å². The van der Waals surface area contributed by atoms with Crippen LogP contribution in [0.25, 0.3) is 0 Å². The minimum atomic E-state index is 0.167. The largest absolute Gasteiger partial charge is 0.493 e. The molecule has 2 N–H and O–H groups in total. The Morgan fingerprint density at radius 2 is 2.12 bits per heavy atom. The lowest BCUT2D eigenvalue weighted by atomic mass is 10.1. The van der Waals surface area contributed by atoms with Gasteiger partial charge in [0, 0.05) is 6.04 Å². The molecule has 88 valence electrons. The fraction of sp³-hybridized carbons (Fsp3) is 0.538. The van der Waals surface area contributed by atoms with Gasteiger partial charge in [0.1, 0.15) is 0 Å². The van der Waals surface area contributed by atoms with Gasteiger partial charge in [-0.1, -0.05) is 6.07 Å². The molecule has 3 heteroatoms. The van der Waals surface area contributed by atoms with Crippen LogP contribution in [-0.4, -0.2) is 19.3 Å². The fourth-order valence-corrected chi connectivity index (χ4v) is 1.67. The normalized spacial score (nSPS) is 16.9. The van der Waals surface area contributed by atoms with Crippen LogP contribution >= 0.6 is 0 Å². The summed E-state index contributed by atoms with van der Waals surface area (Å²) in [5.74, 6) is 1.66. The molecule has 0 bridgehead atoms. The Labute approximate surface area is 96.5 Å². The zero-order chi connectivity index (χ0) is 11.5. The topological polar surface area (TPSA) is 44.5 Å². The van der Waals surface area contributed by atoms with Crippen molar-refractivity contribution in [3.05, 3.63) is 23.8 Å². The van der Waals surface area contributed by atoms with E-state index in [1.807, 2.05) is 19.1 Å². The van der Waals surface area contributed by atoms with Gasteiger partial charge in [-0.2, -0.15) is 0 Å². The molecule has 16 heavy (non-hydrogen) atoms. The molecule has 1 atom stereocenters. The van der Waals surface area contributed by atoms with Crippen LogP contribution in [-0.2, 0) is 6.42 Å². The maximum Gasteiger partial charge on any atom is 0.161 e. The standard InChI is InChI=1S/C13H19NO2/c1-9(14)7-10-3-6-12(13(8-10)15-2)16-11-4-5-11/h3,6,8-9,11H,4-5,7,14H2,1-2H3. The summed E-state index contributed by atoms with van der Waals surface area (Å²) in [6.07, 6.45) is 3.57. The first-order chi connectivity index (χ1) is 7.69. The predicted octanol–water partition coefficient (Wildman–Crippen LogP) is 2.13. The van der Waals surface area contributed by atoms with E-state index < -0.39 is 0 Å². The molecule has 0 heterocycles. The average Bonchev–Trinajstić information content (AvgIpc) is 3.03. The van der Waals surface area contributed by atoms with Crippen molar-refractivity contribution in [3.8, 4) is 11.5 Å². The van der Waals surface area contributed by atoms with Gasteiger partial charge in [0.05, 0.1) is 13.2 Å². The molecule has 0 aromatic heterocycles. The van der Waals surface area contributed by atoms with E-state index >= 15 is 0 Å².